The van der Waals surface area contributed by atoms with Crippen LogP contribution in [0, 0.1) is 22.7 Å². The molecule has 2 aromatic heterocycles. The van der Waals surface area contributed by atoms with Gasteiger partial charge in [0.15, 0.2) is 0 Å². The minimum Gasteiger partial charge on any atom is -0.464 e. The lowest BCUT2D eigenvalue weighted by molar-refractivity contribution is -0.155. The molecule has 9 atom stereocenters. The summed E-state index contributed by atoms with van der Waals surface area (Å²) in [4.78, 5) is 91.4. The number of esters is 1. The van der Waals surface area contributed by atoms with Crippen LogP contribution in [0.1, 0.15) is 115 Å². The topological polar surface area (TPSA) is 171 Å². The molecule has 1 spiro atoms. The summed E-state index contributed by atoms with van der Waals surface area (Å²) in [6.07, 6.45) is 6.85. The Morgan fingerprint density at radius 2 is 1.70 bits per heavy atom. The van der Waals surface area contributed by atoms with Crippen molar-refractivity contribution in [2.75, 3.05) is 118 Å². The molecule has 2 aliphatic carbocycles. The van der Waals surface area contributed by atoms with E-state index in [0.29, 0.717) is 110 Å². The first-order valence-electron chi connectivity index (χ1n) is 32.2. The van der Waals surface area contributed by atoms with E-state index in [0.717, 1.165) is 68.7 Å². The van der Waals surface area contributed by atoms with Crippen LogP contribution in [0.25, 0.3) is 27.7 Å². The van der Waals surface area contributed by atoms with Crippen molar-refractivity contribution in [3.8, 4) is 11.3 Å². The van der Waals surface area contributed by atoms with Crippen molar-refractivity contribution in [3.63, 3.8) is 0 Å². The predicted octanol–water partition coefficient (Wildman–Crippen LogP) is 5.95. The summed E-state index contributed by atoms with van der Waals surface area (Å²) < 4.78 is 59.3. The highest BCUT2D eigenvalue weighted by Crippen LogP contribution is 2.50. The molecule has 3 aromatic rings. The van der Waals surface area contributed by atoms with Crippen LogP contribution >= 0.6 is 0 Å². The number of hydrogen-bond donors (Lipinski definition) is 2. The summed E-state index contributed by atoms with van der Waals surface area (Å²) >= 11 is 0. The van der Waals surface area contributed by atoms with Crippen molar-refractivity contribution in [1.82, 2.24) is 54.7 Å². The lowest BCUT2D eigenvalue weighted by Crippen LogP contribution is -2.63. The van der Waals surface area contributed by atoms with Crippen LogP contribution in [0.5, 0.6) is 0 Å². The van der Waals surface area contributed by atoms with E-state index >= 15 is 22.8 Å². The third-order valence-corrected chi connectivity index (χ3v) is 20.5. The number of benzene rings is 1. The van der Waals surface area contributed by atoms with Crippen molar-refractivity contribution >= 4 is 51.8 Å². The Morgan fingerprint density at radius 3 is 2.40 bits per heavy atom. The smallest absolute Gasteiger partial charge is 0.406 e. The number of hydrogen-bond acceptors (Lipinski definition) is 14. The SMILES string of the molecule is CO[C@@H](C)c1ncc(N2CCN(C3CC3)CC2)cc1-c1c2c3cc(ccc3n1CC(F)(F)F)C1=CCCN(C1)C[C@H](NC(=O)[C@H](C(C)C)N1CC[C@]3(CCN(C(=O)[C@H]4[C@@H](C5CC5)N4CC(=O)N(C)C)C3)C1)C(=O)N1CCC[C@H](N1)C(=O)OCC(C)(C)C2. The molecule has 12 rings (SSSR count). The first-order chi connectivity index (χ1) is 41.5. The van der Waals surface area contributed by atoms with Gasteiger partial charge in [-0.05, 0) is 124 Å². The number of carbonyl (C=O) groups is 5. The summed E-state index contributed by atoms with van der Waals surface area (Å²) in [7, 11) is 5.07. The maximum Gasteiger partial charge on any atom is 0.406 e. The van der Waals surface area contributed by atoms with Gasteiger partial charge in [0.1, 0.15) is 24.7 Å². The van der Waals surface area contributed by atoms with Gasteiger partial charge in [0, 0.05) is 133 Å². The summed E-state index contributed by atoms with van der Waals surface area (Å²) in [6, 6.07) is 5.73. The van der Waals surface area contributed by atoms with Crippen molar-refractivity contribution in [1.29, 1.82) is 0 Å². The molecular weight excluding hydrogens is 1120 g/mol. The number of piperazine rings is 1. The molecule has 474 valence electrons. The molecule has 19 nitrogen and oxygen atoms in total. The number of fused-ring (bicyclic) bond motifs is 6. The zero-order valence-corrected chi connectivity index (χ0v) is 52.3. The number of methoxy groups -OCH3 is 1. The van der Waals surface area contributed by atoms with Gasteiger partial charge in [0.05, 0.1) is 48.6 Å². The standard InChI is InChI=1S/C65H91F3N12O7/c1-40(2)55(76-23-19-64(36-76)20-24-77(37-64)61(84)58-56(42-13-14-42)78(58)35-53(81)72(6)7)59(82)70-51-34-73-21-9-11-44(33-73)43-15-18-52-47(29-43)49(31-63(4,5)39-87-62(85)50-12-10-22-80(71-50)60(51)83)57(79(52)38-65(66,67)68)48-30-46(32-69-54(48)41(3)86-8)75-27-25-74(26-28-75)45-16-17-45/h11,15,18,29-30,32,40-42,45,50-51,55-56,58,71H,9-10,12-14,16-17,19-28,31,33-39H2,1-8H3,(H,70,82)/t41-,50-,51-,55-,56+,58+,64-,78?/m0/s1. The highest BCUT2D eigenvalue weighted by atomic mass is 19.4. The van der Waals surface area contributed by atoms with Gasteiger partial charge in [-0.2, -0.15) is 13.2 Å². The summed E-state index contributed by atoms with van der Waals surface area (Å²) in [5, 5.41) is 5.39. The van der Waals surface area contributed by atoms with E-state index < -0.39 is 48.3 Å². The van der Waals surface area contributed by atoms with E-state index in [1.54, 1.807) is 32.2 Å². The van der Waals surface area contributed by atoms with Gasteiger partial charge < -0.3 is 34.1 Å². The second-order valence-electron chi connectivity index (χ2n) is 28.2. The monoisotopic (exact) mass is 1210 g/mol. The molecule has 87 heavy (non-hydrogen) atoms. The number of nitrogens with zero attached hydrogens (tertiary/aromatic N) is 10. The first-order valence-corrected chi connectivity index (χ1v) is 32.2. The van der Waals surface area contributed by atoms with E-state index in [4.69, 9.17) is 14.5 Å². The Kier molecular flexibility index (Phi) is 17.2. The second kappa shape index (κ2) is 24.3. The lowest BCUT2D eigenvalue weighted by Gasteiger charge is -2.38. The van der Waals surface area contributed by atoms with Gasteiger partial charge in [-0.3, -0.25) is 53.6 Å². The fraction of sp³-hybridized carbons (Fsp3) is 0.692. The highest BCUT2D eigenvalue weighted by Gasteiger charge is 2.61. The number of aromatic nitrogens is 2. The Bertz CT molecular complexity index is 3150. The molecule has 7 fully saturated rings. The fourth-order valence-electron chi connectivity index (χ4n) is 15.4. The fourth-order valence-corrected chi connectivity index (χ4v) is 15.4. The van der Waals surface area contributed by atoms with Gasteiger partial charge in [-0.1, -0.05) is 39.8 Å². The number of hydrazine groups is 1. The number of halogens is 3. The average molecular weight is 1210 g/mol. The quantitative estimate of drug-likeness (QED) is 0.143. The van der Waals surface area contributed by atoms with Gasteiger partial charge in [0.2, 0.25) is 17.7 Å². The highest BCUT2D eigenvalue weighted by molar-refractivity contribution is 5.96. The van der Waals surface area contributed by atoms with E-state index in [9.17, 15) is 14.4 Å². The van der Waals surface area contributed by atoms with E-state index in [-0.39, 0.29) is 73.2 Å². The van der Waals surface area contributed by atoms with E-state index in [1.165, 1.54) is 22.4 Å². The number of carbonyl (C=O) groups excluding carboxylic acids is 5. The molecule has 4 amide bonds. The van der Waals surface area contributed by atoms with Gasteiger partial charge in [-0.25, -0.2) is 5.43 Å². The lowest BCUT2D eigenvalue weighted by atomic mass is 9.84. The molecule has 7 aliphatic heterocycles. The predicted molar refractivity (Wildman–Crippen MR) is 325 cm³/mol. The molecular formula is C65H91F3N12O7. The maximum absolute atomic E-state index is 15.3. The van der Waals surface area contributed by atoms with Gasteiger partial charge in [-0.15, -0.1) is 0 Å². The Hall–Kier alpha value is -5.65. The summed E-state index contributed by atoms with van der Waals surface area (Å²) in [6.45, 7) is 16.1. The van der Waals surface area contributed by atoms with Gasteiger partial charge in [0.25, 0.3) is 5.91 Å². The Labute approximate surface area is 510 Å². The third kappa shape index (κ3) is 13.1. The number of cyclic esters (lactones) is 1. The van der Waals surface area contributed by atoms with Crippen molar-refractivity contribution in [2.24, 2.45) is 22.7 Å². The molecule has 2 unspecified atom stereocenters. The van der Waals surface area contributed by atoms with Crippen LogP contribution in [-0.2, 0) is 46.4 Å². The van der Waals surface area contributed by atoms with Crippen LogP contribution in [0.2, 0.25) is 0 Å². The van der Waals surface area contributed by atoms with Crippen LogP contribution < -0.4 is 15.6 Å². The minimum absolute atomic E-state index is 0.00317. The molecule has 1 aromatic carbocycles. The normalized spacial score (nSPS) is 29.1. The van der Waals surface area contributed by atoms with Crippen LogP contribution in [0.15, 0.2) is 36.5 Å². The number of likely N-dealkylation sites (tertiary alicyclic amines) is 2. The zero-order chi connectivity index (χ0) is 61.4. The number of pyridine rings is 1. The first kappa shape index (κ1) is 61.6. The van der Waals surface area contributed by atoms with Crippen molar-refractivity contribution < 1.29 is 46.6 Å². The molecule has 9 aliphatic rings. The molecule has 2 saturated carbocycles. The number of nitrogens with one attached hydrogen (secondary N) is 2. The average Bonchev–Trinajstić information content (AvgIpc) is 1.64. The Morgan fingerprint density at radius 1 is 0.943 bits per heavy atom. The zero-order valence-electron chi connectivity index (χ0n) is 52.3. The van der Waals surface area contributed by atoms with Crippen LogP contribution in [-0.4, -0.2) is 229 Å². The summed E-state index contributed by atoms with van der Waals surface area (Å²) in [5.41, 5.74) is 7.43. The number of alkyl halides is 3. The number of amides is 4. The minimum atomic E-state index is -4.60. The van der Waals surface area contributed by atoms with Crippen molar-refractivity contribution in [3.05, 3.63) is 53.4 Å². The number of anilines is 1. The molecule has 0 radical (unpaired) electrons. The van der Waals surface area contributed by atoms with Crippen LogP contribution in [0.3, 0.4) is 0 Å². The molecule has 22 heteroatoms. The molecule has 6 bridgehead atoms. The number of ether oxygens (including phenoxy) is 2. The van der Waals surface area contributed by atoms with Crippen molar-refractivity contribution in [2.45, 2.75) is 154 Å². The largest absolute Gasteiger partial charge is 0.464 e. The molecule has 2 N–H and O–H groups in total. The maximum atomic E-state index is 15.3. The third-order valence-electron chi connectivity index (χ3n) is 20.5. The van der Waals surface area contributed by atoms with Crippen LogP contribution in [0.4, 0.5) is 18.9 Å². The molecule has 9 heterocycles. The number of rotatable bonds is 14. The number of likely N-dealkylation sites (N-methyl/N-ethyl adjacent to an activating group) is 1. The van der Waals surface area contributed by atoms with E-state index in [1.807, 2.05) is 63.9 Å². The Balaban J connectivity index is 0.839. The van der Waals surface area contributed by atoms with E-state index in [2.05, 4.69) is 41.3 Å². The van der Waals surface area contributed by atoms with Gasteiger partial charge >= 0.3 is 12.1 Å². The summed E-state index contributed by atoms with van der Waals surface area (Å²) in [5.74, 6) is -0.737. The second-order valence-corrected chi connectivity index (χ2v) is 28.2. The molecule has 5 saturated heterocycles.